The van der Waals surface area contributed by atoms with Crippen molar-refractivity contribution in [1.29, 1.82) is 0 Å². The SMILES string of the molecule is Cc1cccc2c1NCC21CCN(C)C1. The van der Waals surface area contributed by atoms with Crippen molar-refractivity contribution in [2.75, 3.05) is 32.0 Å². The normalized spacial score (nSPS) is 29.5. The molecule has 1 aromatic rings. The van der Waals surface area contributed by atoms with Crippen molar-refractivity contribution in [3.05, 3.63) is 29.3 Å². The summed E-state index contributed by atoms with van der Waals surface area (Å²) < 4.78 is 0. The minimum Gasteiger partial charge on any atom is -0.384 e. The number of likely N-dealkylation sites (N-methyl/N-ethyl adjacent to an activating group) is 1. The Morgan fingerprint density at radius 1 is 1.40 bits per heavy atom. The topological polar surface area (TPSA) is 15.3 Å². The summed E-state index contributed by atoms with van der Waals surface area (Å²) in [5, 5.41) is 3.60. The lowest BCUT2D eigenvalue weighted by atomic mass is 9.81. The van der Waals surface area contributed by atoms with Gasteiger partial charge in [0.05, 0.1) is 0 Å². The number of hydrogen-bond donors (Lipinski definition) is 1. The second kappa shape index (κ2) is 2.99. The van der Waals surface area contributed by atoms with Gasteiger partial charge in [-0.25, -0.2) is 0 Å². The molecule has 2 aliphatic heterocycles. The third-order valence-corrected chi connectivity index (χ3v) is 3.99. The lowest BCUT2D eigenvalue weighted by Crippen LogP contribution is -2.31. The van der Waals surface area contributed by atoms with E-state index in [-0.39, 0.29) is 0 Å². The predicted molar refractivity (Wildman–Crippen MR) is 63.5 cm³/mol. The Kier molecular flexibility index (Phi) is 1.84. The number of para-hydroxylation sites is 1. The first-order valence-corrected chi connectivity index (χ1v) is 5.74. The fourth-order valence-electron chi connectivity index (χ4n) is 3.14. The van der Waals surface area contributed by atoms with E-state index in [9.17, 15) is 0 Å². The number of nitrogens with one attached hydrogen (secondary N) is 1. The molecule has 1 aromatic carbocycles. The fraction of sp³-hybridized carbons (Fsp3) is 0.538. The highest BCUT2D eigenvalue weighted by Gasteiger charge is 2.43. The highest BCUT2D eigenvalue weighted by atomic mass is 15.1. The molecule has 0 saturated carbocycles. The molecule has 1 spiro atoms. The predicted octanol–water partition coefficient (Wildman–Crippen LogP) is 1.99. The van der Waals surface area contributed by atoms with E-state index in [1.165, 1.54) is 30.8 Å². The van der Waals surface area contributed by atoms with Crippen LogP contribution in [0.15, 0.2) is 18.2 Å². The molecule has 2 heteroatoms. The van der Waals surface area contributed by atoms with E-state index in [1.54, 1.807) is 5.56 Å². The first-order valence-electron chi connectivity index (χ1n) is 5.74. The van der Waals surface area contributed by atoms with Crippen LogP contribution in [-0.4, -0.2) is 31.6 Å². The van der Waals surface area contributed by atoms with E-state index in [2.05, 4.69) is 42.4 Å². The molecular formula is C13H18N2. The van der Waals surface area contributed by atoms with Gasteiger partial charge in [0.2, 0.25) is 0 Å². The summed E-state index contributed by atoms with van der Waals surface area (Å²) in [5.74, 6) is 0. The minimum atomic E-state index is 0.399. The van der Waals surface area contributed by atoms with Crippen LogP contribution in [0.2, 0.25) is 0 Å². The Hall–Kier alpha value is -1.02. The lowest BCUT2D eigenvalue weighted by molar-refractivity contribution is 0.381. The van der Waals surface area contributed by atoms with Crippen LogP contribution in [-0.2, 0) is 5.41 Å². The summed E-state index contributed by atoms with van der Waals surface area (Å²) in [7, 11) is 2.22. The maximum atomic E-state index is 3.60. The van der Waals surface area contributed by atoms with E-state index in [0.29, 0.717) is 5.41 Å². The van der Waals surface area contributed by atoms with Gasteiger partial charge in [0.15, 0.2) is 0 Å². The number of aryl methyl sites for hydroxylation is 1. The fourth-order valence-corrected chi connectivity index (χ4v) is 3.14. The van der Waals surface area contributed by atoms with Crippen LogP contribution >= 0.6 is 0 Å². The van der Waals surface area contributed by atoms with Crippen LogP contribution in [0.1, 0.15) is 17.5 Å². The van der Waals surface area contributed by atoms with Gasteiger partial charge in [-0.05, 0) is 38.1 Å². The van der Waals surface area contributed by atoms with Crippen molar-refractivity contribution < 1.29 is 0 Å². The number of anilines is 1. The second-order valence-corrected chi connectivity index (χ2v) is 5.12. The van der Waals surface area contributed by atoms with Crippen molar-refractivity contribution in [2.45, 2.75) is 18.8 Å². The third kappa shape index (κ3) is 1.21. The largest absolute Gasteiger partial charge is 0.384 e. The highest BCUT2D eigenvalue weighted by molar-refractivity contribution is 5.65. The van der Waals surface area contributed by atoms with E-state index in [4.69, 9.17) is 0 Å². The van der Waals surface area contributed by atoms with Gasteiger partial charge in [0, 0.05) is 24.2 Å². The summed E-state index contributed by atoms with van der Waals surface area (Å²) >= 11 is 0. The Labute approximate surface area is 91.3 Å². The van der Waals surface area contributed by atoms with Gasteiger partial charge < -0.3 is 10.2 Å². The smallest absolute Gasteiger partial charge is 0.0409 e. The van der Waals surface area contributed by atoms with Crippen molar-refractivity contribution >= 4 is 5.69 Å². The monoisotopic (exact) mass is 202 g/mol. The average molecular weight is 202 g/mol. The van der Waals surface area contributed by atoms with Crippen molar-refractivity contribution in [1.82, 2.24) is 4.90 Å². The van der Waals surface area contributed by atoms with Crippen LogP contribution in [0.3, 0.4) is 0 Å². The molecule has 1 fully saturated rings. The zero-order valence-corrected chi connectivity index (χ0v) is 9.51. The molecule has 1 unspecified atom stereocenters. The molecule has 0 amide bonds. The summed E-state index contributed by atoms with van der Waals surface area (Å²) in [6, 6.07) is 6.70. The molecule has 2 nitrogen and oxygen atoms in total. The quantitative estimate of drug-likeness (QED) is 0.692. The summed E-state index contributed by atoms with van der Waals surface area (Å²) in [6.07, 6.45) is 1.30. The van der Waals surface area contributed by atoms with Crippen molar-refractivity contribution in [3.63, 3.8) is 0 Å². The van der Waals surface area contributed by atoms with E-state index < -0.39 is 0 Å². The van der Waals surface area contributed by atoms with Crippen LogP contribution in [0.4, 0.5) is 5.69 Å². The highest BCUT2D eigenvalue weighted by Crippen LogP contribution is 2.43. The van der Waals surface area contributed by atoms with Gasteiger partial charge in [-0.3, -0.25) is 0 Å². The average Bonchev–Trinajstić information content (AvgIpc) is 2.75. The number of likely N-dealkylation sites (tertiary alicyclic amines) is 1. The van der Waals surface area contributed by atoms with Gasteiger partial charge in [0.1, 0.15) is 0 Å². The molecule has 0 radical (unpaired) electrons. The van der Waals surface area contributed by atoms with Crippen molar-refractivity contribution in [3.8, 4) is 0 Å². The summed E-state index contributed by atoms with van der Waals surface area (Å²) in [6.45, 7) is 5.76. The third-order valence-electron chi connectivity index (χ3n) is 3.99. The van der Waals surface area contributed by atoms with Gasteiger partial charge in [-0.15, -0.1) is 0 Å². The molecule has 1 N–H and O–H groups in total. The molecule has 0 aromatic heterocycles. The van der Waals surface area contributed by atoms with E-state index >= 15 is 0 Å². The number of fused-ring (bicyclic) bond motifs is 2. The second-order valence-electron chi connectivity index (χ2n) is 5.12. The van der Waals surface area contributed by atoms with Gasteiger partial charge >= 0.3 is 0 Å². The van der Waals surface area contributed by atoms with Crippen LogP contribution in [0.25, 0.3) is 0 Å². The first-order chi connectivity index (χ1) is 7.21. The minimum absolute atomic E-state index is 0.399. The number of nitrogens with zero attached hydrogens (tertiary/aromatic N) is 1. The first kappa shape index (κ1) is 9.22. The summed E-state index contributed by atoms with van der Waals surface area (Å²) in [5.41, 5.74) is 4.73. The maximum Gasteiger partial charge on any atom is 0.0409 e. The van der Waals surface area contributed by atoms with Gasteiger partial charge in [-0.1, -0.05) is 18.2 Å². The number of benzene rings is 1. The molecule has 1 saturated heterocycles. The van der Waals surface area contributed by atoms with E-state index in [1.807, 2.05) is 0 Å². The maximum absolute atomic E-state index is 3.60. The molecule has 1 atom stereocenters. The number of hydrogen-bond acceptors (Lipinski definition) is 2. The zero-order chi connectivity index (χ0) is 10.5. The molecule has 15 heavy (non-hydrogen) atoms. The van der Waals surface area contributed by atoms with E-state index in [0.717, 1.165) is 6.54 Å². The lowest BCUT2D eigenvalue weighted by Gasteiger charge is -2.23. The molecule has 0 bridgehead atoms. The molecular weight excluding hydrogens is 184 g/mol. The standard InChI is InChI=1S/C13H18N2/c1-10-4-3-5-11-12(10)14-8-13(11)6-7-15(2)9-13/h3-5,14H,6-9H2,1-2H3. The Morgan fingerprint density at radius 2 is 2.27 bits per heavy atom. The molecule has 0 aliphatic carbocycles. The Bertz CT molecular complexity index is 400. The zero-order valence-electron chi connectivity index (χ0n) is 9.51. The van der Waals surface area contributed by atoms with Crippen LogP contribution < -0.4 is 5.32 Å². The molecule has 80 valence electrons. The van der Waals surface area contributed by atoms with Gasteiger partial charge in [-0.2, -0.15) is 0 Å². The van der Waals surface area contributed by atoms with Crippen LogP contribution in [0.5, 0.6) is 0 Å². The Morgan fingerprint density at radius 3 is 3.00 bits per heavy atom. The molecule has 2 aliphatic rings. The van der Waals surface area contributed by atoms with Crippen LogP contribution in [0, 0.1) is 6.92 Å². The Balaban J connectivity index is 2.08. The van der Waals surface area contributed by atoms with Gasteiger partial charge in [0.25, 0.3) is 0 Å². The van der Waals surface area contributed by atoms with Crippen molar-refractivity contribution in [2.24, 2.45) is 0 Å². The number of rotatable bonds is 0. The summed E-state index contributed by atoms with van der Waals surface area (Å²) in [4.78, 5) is 2.44. The molecule has 2 heterocycles. The molecule has 3 rings (SSSR count).